The van der Waals surface area contributed by atoms with E-state index < -0.39 is 6.10 Å². The van der Waals surface area contributed by atoms with Gasteiger partial charge in [-0.3, -0.25) is 4.79 Å². The largest absolute Gasteiger partial charge is 0.479 e. The minimum atomic E-state index is -0.690. The number of ether oxygens (including phenoxy) is 1. The Balaban J connectivity index is 2.02. The minimum Gasteiger partial charge on any atom is -0.479 e. The average Bonchev–Trinajstić information content (AvgIpc) is 2.41. The number of halogens is 2. The van der Waals surface area contributed by atoms with E-state index in [0.29, 0.717) is 22.1 Å². The number of nitrogens with one attached hydrogen (secondary N) is 1. The number of benzene rings is 2. The molecule has 0 heterocycles. The van der Waals surface area contributed by atoms with Crippen molar-refractivity contribution in [3.63, 3.8) is 0 Å². The zero-order valence-corrected chi connectivity index (χ0v) is 13.6. The van der Waals surface area contributed by atoms with E-state index in [-0.39, 0.29) is 5.91 Å². The van der Waals surface area contributed by atoms with Gasteiger partial charge < -0.3 is 15.8 Å². The fourth-order valence-corrected chi connectivity index (χ4v) is 2.39. The summed E-state index contributed by atoms with van der Waals surface area (Å²) >= 11 is 9.37. The number of anilines is 2. The third-order valence-electron chi connectivity index (χ3n) is 2.72. The Hall–Kier alpha value is -1.72. The molecule has 0 spiro atoms. The van der Waals surface area contributed by atoms with E-state index in [1.165, 1.54) is 0 Å². The number of carbonyl (C=O) groups excluding carboxylic acids is 1. The topological polar surface area (TPSA) is 64.3 Å². The SMILES string of the molecule is CC(Oc1ccc(Br)cc1Cl)C(=O)Nc1cccc(N)c1. The van der Waals surface area contributed by atoms with Crippen molar-refractivity contribution in [1.29, 1.82) is 0 Å². The van der Waals surface area contributed by atoms with Crippen LogP contribution in [0, 0.1) is 0 Å². The Morgan fingerprint density at radius 1 is 1.33 bits per heavy atom. The van der Waals surface area contributed by atoms with Crippen molar-refractivity contribution in [3.8, 4) is 5.75 Å². The lowest BCUT2D eigenvalue weighted by molar-refractivity contribution is -0.122. The second-order valence-electron chi connectivity index (χ2n) is 4.45. The molecule has 0 aliphatic carbocycles. The van der Waals surface area contributed by atoms with Crippen LogP contribution in [0.3, 0.4) is 0 Å². The van der Waals surface area contributed by atoms with E-state index >= 15 is 0 Å². The fraction of sp³-hybridized carbons (Fsp3) is 0.133. The summed E-state index contributed by atoms with van der Waals surface area (Å²) < 4.78 is 6.41. The Morgan fingerprint density at radius 2 is 2.10 bits per heavy atom. The summed E-state index contributed by atoms with van der Waals surface area (Å²) in [6.45, 7) is 1.65. The molecular weight excluding hydrogens is 356 g/mol. The first-order valence-corrected chi connectivity index (χ1v) is 7.41. The highest BCUT2D eigenvalue weighted by molar-refractivity contribution is 9.10. The lowest BCUT2D eigenvalue weighted by atomic mass is 10.2. The summed E-state index contributed by atoms with van der Waals surface area (Å²) in [7, 11) is 0. The van der Waals surface area contributed by atoms with Crippen LogP contribution in [0.5, 0.6) is 5.75 Å². The van der Waals surface area contributed by atoms with Crippen LogP contribution >= 0.6 is 27.5 Å². The normalized spacial score (nSPS) is 11.8. The maximum absolute atomic E-state index is 12.1. The van der Waals surface area contributed by atoms with E-state index in [1.54, 1.807) is 49.4 Å². The molecule has 4 nitrogen and oxygen atoms in total. The molecule has 0 aromatic heterocycles. The molecule has 1 atom stereocenters. The maximum atomic E-state index is 12.1. The summed E-state index contributed by atoms with van der Waals surface area (Å²) in [6, 6.07) is 12.2. The van der Waals surface area contributed by atoms with Gasteiger partial charge in [0.25, 0.3) is 5.91 Å². The van der Waals surface area contributed by atoms with E-state index in [1.807, 2.05) is 0 Å². The van der Waals surface area contributed by atoms with Crippen molar-refractivity contribution < 1.29 is 9.53 Å². The van der Waals surface area contributed by atoms with E-state index in [0.717, 1.165) is 4.47 Å². The number of nitrogen functional groups attached to an aromatic ring is 1. The molecule has 21 heavy (non-hydrogen) atoms. The van der Waals surface area contributed by atoms with Crippen LogP contribution in [0.2, 0.25) is 5.02 Å². The van der Waals surface area contributed by atoms with E-state index in [2.05, 4.69) is 21.2 Å². The van der Waals surface area contributed by atoms with E-state index in [4.69, 9.17) is 22.1 Å². The van der Waals surface area contributed by atoms with Crippen molar-refractivity contribution in [2.75, 3.05) is 11.1 Å². The van der Waals surface area contributed by atoms with Gasteiger partial charge in [0.15, 0.2) is 6.10 Å². The molecule has 110 valence electrons. The van der Waals surface area contributed by atoms with Crippen LogP contribution < -0.4 is 15.8 Å². The van der Waals surface area contributed by atoms with Crippen LogP contribution in [-0.4, -0.2) is 12.0 Å². The Morgan fingerprint density at radius 3 is 2.76 bits per heavy atom. The number of amides is 1. The van der Waals surface area contributed by atoms with E-state index in [9.17, 15) is 4.79 Å². The van der Waals surface area contributed by atoms with Gasteiger partial charge in [-0.2, -0.15) is 0 Å². The van der Waals surface area contributed by atoms with Gasteiger partial charge in [0.05, 0.1) is 5.02 Å². The van der Waals surface area contributed by atoms with Crippen LogP contribution in [-0.2, 0) is 4.79 Å². The van der Waals surface area contributed by atoms with Gasteiger partial charge in [0.2, 0.25) is 0 Å². The molecule has 0 radical (unpaired) electrons. The fourth-order valence-electron chi connectivity index (χ4n) is 1.68. The van der Waals surface area contributed by atoms with Crippen LogP contribution in [0.25, 0.3) is 0 Å². The van der Waals surface area contributed by atoms with Gasteiger partial charge in [0, 0.05) is 15.8 Å². The minimum absolute atomic E-state index is 0.278. The summed E-state index contributed by atoms with van der Waals surface area (Å²) in [5.74, 6) is 0.176. The highest BCUT2D eigenvalue weighted by Crippen LogP contribution is 2.28. The lowest BCUT2D eigenvalue weighted by Gasteiger charge is -2.16. The van der Waals surface area contributed by atoms with Gasteiger partial charge in [-0.25, -0.2) is 0 Å². The molecule has 0 fully saturated rings. The van der Waals surface area contributed by atoms with Gasteiger partial charge in [-0.15, -0.1) is 0 Å². The number of nitrogens with two attached hydrogens (primary N) is 1. The molecule has 1 unspecified atom stereocenters. The van der Waals surface area contributed by atoms with Crippen molar-refractivity contribution in [1.82, 2.24) is 0 Å². The molecular formula is C15H14BrClN2O2. The first-order valence-electron chi connectivity index (χ1n) is 6.24. The monoisotopic (exact) mass is 368 g/mol. The average molecular weight is 370 g/mol. The summed E-state index contributed by atoms with van der Waals surface area (Å²) in [5, 5.41) is 3.18. The summed E-state index contributed by atoms with van der Waals surface area (Å²) in [6.07, 6.45) is -0.690. The Bertz CT molecular complexity index is 664. The predicted octanol–water partition coefficient (Wildman–Crippen LogP) is 4.09. The molecule has 0 saturated heterocycles. The van der Waals surface area contributed by atoms with Gasteiger partial charge >= 0.3 is 0 Å². The quantitative estimate of drug-likeness (QED) is 0.798. The molecule has 3 N–H and O–H groups in total. The van der Waals surface area contributed by atoms with Crippen molar-refractivity contribution in [2.45, 2.75) is 13.0 Å². The number of rotatable bonds is 4. The van der Waals surface area contributed by atoms with Gasteiger partial charge in [0.1, 0.15) is 5.75 Å². The third kappa shape index (κ3) is 4.37. The third-order valence-corrected chi connectivity index (χ3v) is 3.51. The molecule has 2 aromatic carbocycles. The molecule has 2 rings (SSSR count). The standard InChI is InChI=1S/C15H14BrClN2O2/c1-9(21-14-6-5-10(16)7-13(14)17)15(20)19-12-4-2-3-11(18)8-12/h2-9H,18H2,1H3,(H,19,20). The van der Waals surface area contributed by atoms with Crippen molar-refractivity contribution in [2.24, 2.45) is 0 Å². The number of carbonyl (C=O) groups is 1. The first-order chi connectivity index (χ1) is 9.95. The van der Waals surface area contributed by atoms with Crippen LogP contribution in [0.15, 0.2) is 46.9 Å². The zero-order chi connectivity index (χ0) is 15.4. The lowest BCUT2D eigenvalue weighted by Crippen LogP contribution is -2.30. The maximum Gasteiger partial charge on any atom is 0.265 e. The molecule has 2 aromatic rings. The van der Waals surface area contributed by atoms with Gasteiger partial charge in [-0.05, 0) is 43.3 Å². The number of hydrogen-bond acceptors (Lipinski definition) is 3. The second-order valence-corrected chi connectivity index (χ2v) is 5.77. The molecule has 0 aliphatic heterocycles. The molecule has 0 saturated carbocycles. The van der Waals surface area contributed by atoms with Gasteiger partial charge in [-0.1, -0.05) is 33.6 Å². The zero-order valence-electron chi connectivity index (χ0n) is 11.3. The highest BCUT2D eigenvalue weighted by Gasteiger charge is 2.16. The predicted molar refractivity (Wildman–Crippen MR) is 88.7 cm³/mol. The Labute approximate surface area is 136 Å². The Kier molecular flexibility index (Phi) is 5.09. The smallest absolute Gasteiger partial charge is 0.265 e. The highest BCUT2D eigenvalue weighted by atomic mass is 79.9. The molecule has 1 amide bonds. The second kappa shape index (κ2) is 6.83. The molecule has 0 bridgehead atoms. The van der Waals surface area contributed by atoms with Crippen LogP contribution in [0.4, 0.5) is 11.4 Å². The first kappa shape index (κ1) is 15.7. The van der Waals surface area contributed by atoms with Crippen molar-refractivity contribution >= 4 is 44.8 Å². The number of hydrogen-bond donors (Lipinski definition) is 2. The summed E-state index contributed by atoms with van der Waals surface area (Å²) in [5.41, 5.74) is 6.87. The van der Waals surface area contributed by atoms with Crippen molar-refractivity contribution in [3.05, 3.63) is 52.0 Å². The summed E-state index contributed by atoms with van der Waals surface area (Å²) in [4.78, 5) is 12.1. The molecule has 0 aliphatic rings. The molecule has 6 heteroatoms. The van der Waals surface area contributed by atoms with Crippen LogP contribution in [0.1, 0.15) is 6.92 Å².